The van der Waals surface area contributed by atoms with Crippen LogP contribution in [0.4, 0.5) is 4.39 Å². The number of rotatable bonds is 6. The van der Waals surface area contributed by atoms with Crippen LogP contribution in [0.15, 0.2) is 78.0 Å². The fourth-order valence-corrected chi connectivity index (χ4v) is 3.91. The van der Waals surface area contributed by atoms with Gasteiger partial charge >= 0.3 is 0 Å². The molecule has 0 saturated heterocycles. The summed E-state index contributed by atoms with van der Waals surface area (Å²) in [7, 11) is 1.64. The Hall–Kier alpha value is -3.12. The third-order valence-electron chi connectivity index (χ3n) is 4.59. The molecule has 0 aliphatic carbocycles. The van der Waals surface area contributed by atoms with Crippen molar-refractivity contribution < 1.29 is 9.13 Å². The molecular formula is C23H20FN3OS. The Morgan fingerprint density at radius 2 is 1.66 bits per heavy atom. The van der Waals surface area contributed by atoms with Gasteiger partial charge in [-0.2, -0.15) is 0 Å². The zero-order valence-corrected chi connectivity index (χ0v) is 17.0. The first-order chi connectivity index (χ1) is 14.2. The summed E-state index contributed by atoms with van der Waals surface area (Å²) in [4.78, 5) is 0. The average molecular weight is 405 g/mol. The Morgan fingerprint density at radius 3 is 2.34 bits per heavy atom. The Bertz CT molecular complexity index is 1110. The Kier molecular flexibility index (Phi) is 5.62. The topological polar surface area (TPSA) is 39.9 Å². The summed E-state index contributed by atoms with van der Waals surface area (Å²) >= 11 is 1.46. The molecule has 3 aromatic carbocycles. The van der Waals surface area contributed by atoms with Crippen LogP contribution in [0, 0.1) is 12.7 Å². The Morgan fingerprint density at radius 1 is 0.931 bits per heavy atom. The van der Waals surface area contributed by atoms with Crippen molar-refractivity contribution in [2.24, 2.45) is 0 Å². The van der Waals surface area contributed by atoms with Gasteiger partial charge in [-0.25, -0.2) is 4.39 Å². The van der Waals surface area contributed by atoms with Crippen molar-refractivity contribution in [3.63, 3.8) is 0 Å². The van der Waals surface area contributed by atoms with E-state index in [1.165, 1.54) is 23.4 Å². The molecule has 0 radical (unpaired) electrons. The zero-order chi connectivity index (χ0) is 20.2. The molecular weight excluding hydrogens is 385 g/mol. The van der Waals surface area contributed by atoms with E-state index in [4.69, 9.17) is 4.74 Å². The van der Waals surface area contributed by atoms with Crippen LogP contribution in [0.5, 0.6) is 5.75 Å². The molecule has 0 unspecified atom stereocenters. The molecule has 0 amide bonds. The van der Waals surface area contributed by atoms with Crippen molar-refractivity contribution in [3.8, 4) is 22.8 Å². The van der Waals surface area contributed by atoms with E-state index in [1.54, 1.807) is 19.2 Å². The molecule has 6 heteroatoms. The van der Waals surface area contributed by atoms with Gasteiger partial charge < -0.3 is 4.74 Å². The summed E-state index contributed by atoms with van der Waals surface area (Å²) in [6, 6.07) is 22.7. The van der Waals surface area contributed by atoms with E-state index in [0.29, 0.717) is 16.5 Å². The number of ether oxygens (including phenoxy) is 1. The van der Waals surface area contributed by atoms with Gasteiger partial charge in [0.25, 0.3) is 0 Å². The highest BCUT2D eigenvalue weighted by Gasteiger charge is 2.17. The van der Waals surface area contributed by atoms with Gasteiger partial charge in [-0.1, -0.05) is 47.7 Å². The number of aromatic nitrogens is 3. The average Bonchev–Trinajstić information content (AvgIpc) is 3.18. The van der Waals surface area contributed by atoms with Crippen LogP contribution in [0.3, 0.4) is 0 Å². The minimum Gasteiger partial charge on any atom is -0.497 e. The van der Waals surface area contributed by atoms with Crippen molar-refractivity contribution in [1.29, 1.82) is 0 Å². The third kappa shape index (κ3) is 4.17. The van der Waals surface area contributed by atoms with E-state index in [1.807, 2.05) is 54.0 Å². The SMILES string of the molecule is COc1ccc(-c2nnc(SCc3ccccc3F)n2-c2ccc(C)cc2)cc1. The summed E-state index contributed by atoms with van der Waals surface area (Å²) in [5.74, 6) is 1.77. The number of methoxy groups -OCH3 is 1. The summed E-state index contributed by atoms with van der Waals surface area (Å²) in [6.45, 7) is 2.05. The summed E-state index contributed by atoms with van der Waals surface area (Å²) in [6.07, 6.45) is 0. The van der Waals surface area contributed by atoms with Crippen molar-refractivity contribution in [1.82, 2.24) is 14.8 Å². The lowest BCUT2D eigenvalue weighted by Crippen LogP contribution is -2.00. The minimum absolute atomic E-state index is 0.211. The first-order valence-electron chi connectivity index (χ1n) is 9.19. The van der Waals surface area contributed by atoms with E-state index in [0.717, 1.165) is 22.8 Å². The normalized spacial score (nSPS) is 10.9. The van der Waals surface area contributed by atoms with Crippen molar-refractivity contribution in [3.05, 3.63) is 89.7 Å². The predicted octanol–water partition coefficient (Wildman–Crippen LogP) is 5.68. The number of halogens is 1. The molecule has 0 N–H and O–H groups in total. The minimum atomic E-state index is -0.211. The van der Waals surface area contributed by atoms with E-state index >= 15 is 0 Å². The van der Waals surface area contributed by atoms with Crippen LogP contribution in [0.1, 0.15) is 11.1 Å². The van der Waals surface area contributed by atoms with Crippen molar-refractivity contribution >= 4 is 11.8 Å². The van der Waals surface area contributed by atoms with E-state index < -0.39 is 0 Å². The maximum Gasteiger partial charge on any atom is 0.196 e. The van der Waals surface area contributed by atoms with E-state index in [2.05, 4.69) is 22.3 Å². The van der Waals surface area contributed by atoms with E-state index in [9.17, 15) is 4.39 Å². The predicted molar refractivity (Wildman–Crippen MR) is 114 cm³/mol. The second-order valence-corrected chi connectivity index (χ2v) is 7.53. The number of thioether (sulfide) groups is 1. The zero-order valence-electron chi connectivity index (χ0n) is 16.2. The molecule has 29 heavy (non-hydrogen) atoms. The lowest BCUT2D eigenvalue weighted by molar-refractivity contribution is 0.415. The Balaban J connectivity index is 1.73. The molecule has 1 aromatic heterocycles. The van der Waals surface area contributed by atoms with Gasteiger partial charge in [0.15, 0.2) is 11.0 Å². The molecule has 1 heterocycles. The molecule has 146 valence electrons. The first-order valence-corrected chi connectivity index (χ1v) is 10.2. The van der Waals surface area contributed by atoms with Gasteiger partial charge in [0.2, 0.25) is 0 Å². The van der Waals surface area contributed by atoms with Crippen LogP contribution in [0.25, 0.3) is 17.1 Å². The largest absolute Gasteiger partial charge is 0.497 e. The number of benzene rings is 3. The van der Waals surface area contributed by atoms with Crippen LogP contribution in [0.2, 0.25) is 0 Å². The Labute approximate surface area is 173 Å². The highest BCUT2D eigenvalue weighted by atomic mass is 32.2. The van der Waals surface area contributed by atoms with Crippen LogP contribution in [-0.4, -0.2) is 21.9 Å². The third-order valence-corrected chi connectivity index (χ3v) is 5.57. The monoisotopic (exact) mass is 405 g/mol. The first kappa shape index (κ1) is 19.2. The lowest BCUT2D eigenvalue weighted by atomic mass is 10.2. The van der Waals surface area contributed by atoms with Crippen molar-refractivity contribution in [2.75, 3.05) is 7.11 Å². The number of aryl methyl sites for hydroxylation is 1. The number of hydrogen-bond acceptors (Lipinski definition) is 4. The van der Waals surface area contributed by atoms with Crippen LogP contribution in [-0.2, 0) is 5.75 Å². The van der Waals surface area contributed by atoms with Gasteiger partial charge in [-0.05, 0) is 55.0 Å². The molecule has 0 bridgehead atoms. The molecule has 0 atom stereocenters. The maximum absolute atomic E-state index is 14.0. The molecule has 0 aliphatic heterocycles. The second kappa shape index (κ2) is 8.49. The summed E-state index contributed by atoms with van der Waals surface area (Å²) in [5.41, 5.74) is 3.70. The standard InChI is InChI=1S/C23H20FN3OS/c1-16-7-11-19(12-8-16)27-22(17-9-13-20(28-2)14-10-17)25-26-23(27)29-15-18-5-3-4-6-21(18)24/h3-14H,15H2,1-2H3. The summed E-state index contributed by atoms with van der Waals surface area (Å²) < 4.78 is 21.3. The van der Waals surface area contributed by atoms with E-state index in [-0.39, 0.29) is 5.82 Å². The molecule has 0 fully saturated rings. The van der Waals surface area contributed by atoms with Gasteiger partial charge in [0.1, 0.15) is 11.6 Å². The van der Waals surface area contributed by atoms with Gasteiger partial charge in [-0.15, -0.1) is 10.2 Å². The highest BCUT2D eigenvalue weighted by Crippen LogP contribution is 2.31. The molecule has 4 rings (SSSR count). The van der Waals surface area contributed by atoms with Gasteiger partial charge in [-0.3, -0.25) is 4.57 Å². The number of nitrogens with zero attached hydrogens (tertiary/aromatic N) is 3. The lowest BCUT2D eigenvalue weighted by Gasteiger charge is -2.11. The smallest absolute Gasteiger partial charge is 0.196 e. The van der Waals surface area contributed by atoms with Gasteiger partial charge in [0, 0.05) is 17.0 Å². The van der Waals surface area contributed by atoms with Crippen LogP contribution >= 0.6 is 11.8 Å². The van der Waals surface area contributed by atoms with Crippen LogP contribution < -0.4 is 4.74 Å². The fraction of sp³-hybridized carbons (Fsp3) is 0.130. The fourth-order valence-electron chi connectivity index (χ4n) is 2.97. The maximum atomic E-state index is 14.0. The quantitative estimate of drug-likeness (QED) is 0.387. The summed E-state index contributed by atoms with van der Waals surface area (Å²) in [5, 5.41) is 9.54. The van der Waals surface area contributed by atoms with Gasteiger partial charge in [0.05, 0.1) is 7.11 Å². The highest BCUT2D eigenvalue weighted by molar-refractivity contribution is 7.98. The second-order valence-electron chi connectivity index (χ2n) is 6.59. The van der Waals surface area contributed by atoms with Crippen molar-refractivity contribution in [2.45, 2.75) is 17.8 Å². The molecule has 4 aromatic rings. The molecule has 4 nitrogen and oxygen atoms in total. The molecule has 0 spiro atoms. The molecule has 0 aliphatic rings. The molecule has 0 saturated carbocycles. The number of hydrogen-bond donors (Lipinski definition) is 0.